The summed E-state index contributed by atoms with van der Waals surface area (Å²) >= 11 is 0. The van der Waals surface area contributed by atoms with Gasteiger partial charge in [0.1, 0.15) is 12.4 Å². The molecule has 0 amide bonds. The van der Waals surface area contributed by atoms with Gasteiger partial charge in [0.2, 0.25) is 0 Å². The van der Waals surface area contributed by atoms with E-state index in [4.69, 9.17) is 0 Å². The maximum absolute atomic E-state index is 12.3. The van der Waals surface area contributed by atoms with Crippen LogP contribution >= 0.6 is 0 Å². The molecule has 6 atom stereocenters. The normalized spacial score (nSPS) is 47.5. The number of carbonyl (C=O) groups is 2. The number of allylic oxidation sites excluding steroid dienone is 2. The number of hydrogen-bond donors (Lipinski definition) is 1. The molecule has 0 saturated heterocycles. The highest BCUT2D eigenvalue weighted by Crippen LogP contribution is 2.66. The lowest BCUT2D eigenvalue weighted by molar-refractivity contribution is -0.133. The van der Waals surface area contributed by atoms with Crippen molar-refractivity contribution in [1.82, 2.24) is 0 Å². The molecule has 0 spiro atoms. The molecule has 4 rings (SSSR count). The van der Waals surface area contributed by atoms with E-state index in [1.54, 1.807) is 0 Å². The van der Waals surface area contributed by atoms with E-state index in [-0.39, 0.29) is 29.1 Å². The number of aliphatic hydroxyl groups excluding tert-OH is 1. The van der Waals surface area contributed by atoms with Crippen molar-refractivity contribution in [3.05, 3.63) is 11.6 Å². The third-order valence-electron chi connectivity index (χ3n) is 8.48. The maximum atomic E-state index is 12.3. The van der Waals surface area contributed by atoms with Gasteiger partial charge in [-0.15, -0.1) is 0 Å². The van der Waals surface area contributed by atoms with E-state index in [2.05, 4.69) is 19.9 Å². The van der Waals surface area contributed by atoms with Gasteiger partial charge < -0.3 is 5.11 Å². The summed E-state index contributed by atoms with van der Waals surface area (Å²) in [6.45, 7) is 4.41. The zero-order chi connectivity index (χ0) is 17.1. The highest BCUT2D eigenvalue weighted by Gasteiger charge is 2.59. The SMILES string of the molecule is C[C@]12CCC(=O)CC1=CCC1C2CC[C@@]2(C)C1CC[C@@H]2C(=O)CO. The second kappa shape index (κ2) is 5.52. The summed E-state index contributed by atoms with van der Waals surface area (Å²) in [4.78, 5) is 24.2. The van der Waals surface area contributed by atoms with Crippen molar-refractivity contribution < 1.29 is 14.7 Å². The van der Waals surface area contributed by atoms with E-state index in [1.165, 1.54) is 12.0 Å². The zero-order valence-electron chi connectivity index (χ0n) is 15.0. The predicted octanol–water partition coefficient (Wildman–Crippen LogP) is 3.70. The van der Waals surface area contributed by atoms with Crippen molar-refractivity contribution in [2.75, 3.05) is 6.61 Å². The molecule has 0 aromatic rings. The smallest absolute Gasteiger partial charge is 0.161 e. The molecule has 132 valence electrons. The van der Waals surface area contributed by atoms with Crippen molar-refractivity contribution >= 4 is 11.6 Å². The van der Waals surface area contributed by atoms with Gasteiger partial charge in [-0.2, -0.15) is 0 Å². The average Bonchev–Trinajstić information content (AvgIpc) is 2.92. The van der Waals surface area contributed by atoms with Crippen LogP contribution in [0.15, 0.2) is 11.6 Å². The van der Waals surface area contributed by atoms with E-state index in [0.717, 1.165) is 38.5 Å². The van der Waals surface area contributed by atoms with Crippen LogP contribution < -0.4 is 0 Å². The molecule has 3 fully saturated rings. The summed E-state index contributed by atoms with van der Waals surface area (Å²) in [6, 6.07) is 0. The minimum atomic E-state index is -0.301. The number of rotatable bonds is 2. The maximum Gasteiger partial charge on any atom is 0.161 e. The molecule has 3 unspecified atom stereocenters. The number of carbonyl (C=O) groups excluding carboxylic acids is 2. The van der Waals surface area contributed by atoms with E-state index < -0.39 is 0 Å². The summed E-state index contributed by atoms with van der Waals surface area (Å²) in [5.41, 5.74) is 1.69. The second-order valence-electron chi connectivity index (χ2n) is 9.27. The molecule has 0 bridgehead atoms. The third-order valence-corrected chi connectivity index (χ3v) is 8.48. The first-order chi connectivity index (χ1) is 11.4. The highest BCUT2D eigenvalue weighted by atomic mass is 16.3. The molecule has 1 N–H and O–H groups in total. The number of ketones is 2. The van der Waals surface area contributed by atoms with Crippen molar-refractivity contribution in [1.29, 1.82) is 0 Å². The molecule has 3 saturated carbocycles. The minimum absolute atomic E-state index is 0.0552. The number of hydrogen-bond acceptors (Lipinski definition) is 3. The van der Waals surface area contributed by atoms with Crippen molar-refractivity contribution in [3.8, 4) is 0 Å². The number of fused-ring (bicyclic) bond motifs is 5. The Bertz CT molecular complexity index is 606. The van der Waals surface area contributed by atoms with Gasteiger partial charge in [-0.1, -0.05) is 25.5 Å². The fourth-order valence-electron chi connectivity index (χ4n) is 7.12. The quantitative estimate of drug-likeness (QED) is 0.786. The first-order valence-electron chi connectivity index (χ1n) is 9.75. The molecule has 0 heterocycles. The molecule has 4 aliphatic rings. The van der Waals surface area contributed by atoms with Crippen LogP contribution in [0.2, 0.25) is 0 Å². The van der Waals surface area contributed by atoms with Crippen LogP contribution in [0.25, 0.3) is 0 Å². The molecular formula is C21H30O3. The third kappa shape index (κ3) is 2.13. The summed E-state index contributed by atoms with van der Waals surface area (Å²) in [5, 5.41) is 9.36. The minimum Gasteiger partial charge on any atom is -0.389 e. The molecule has 3 nitrogen and oxygen atoms in total. The van der Waals surface area contributed by atoms with Gasteiger partial charge in [0, 0.05) is 18.8 Å². The van der Waals surface area contributed by atoms with Gasteiger partial charge in [0.25, 0.3) is 0 Å². The Balaban J connectivity index is 1.65. The van der Waals surface area contributed by atoms with Gasteiger partial charge in [0.05, 0.1) is 0 Å². The van der Waals surface area contributed by atoms with Crippen LogP contribution in [-0.2, 0) is 9.59 Å². The Morgan fingerprint density at radius 1 is 1.21 bits per heavy atom. The molecule has 24 heavy (non-hydrogen) atoms. The fraction of sp³-hybridized carbons (Fsp3) is 0.810. The topological polar surface area (TPSA) is 54.4 Å². The van der Waals surface area contributed by atoms with Crippen LogP contribution in [0.3, 0.4) is 0 Å². The van der Waals surface area contributed by atoms with Crippen LogP contribution in [0, 0.1) is 34.5 Å². The Kier molecular flexibility index (Phi) is 3.80. The molecule has 0 radical (unpaired) electrons. The second-order valence-corrected chi connectivity index (χ2v) is 9.27. The molecular weight excluding hydrogens is 300 g/mol. The molecule has 0 aromatic carbocycles. The first-order valence-corrected chi connectivity index (χ1v) is 9.75. The van der Waals surface area contributed by atoms with E-state index >= 15 is 0 Å². The summed E-state index contributed by atoms with van der Waals surface area (Å²) in [7, 11) is 0. The van der Waals surface area contributed by atoms with Gasteiger partial charge in [-0.3, -0.25) is 9.59 Å². The van der Waals surface area contributed by atoms with Gasteiger partial charge >= 0.3 is 0 Å². The standard InChI is InChI=1S/C21H30O3/c1-20-9-7-14(23)11-13(20)3-4-15-16-5-6-18(19(24)12-22)21(16,2)10-8-17(15)20/h3,15-18,22H,4-12H2,1-2H3/t15?,16?,17?,18-,20+,21+/m1/s1. The monoisotopic (exact) mass is 330 g/mol. The average molecular weight is 330 g/mol. The first kappa shape index (κ1) is 16.5. The Morgan fingerprint density at radius 3 is 2.75 bits per heavy atom. The molecule has 3 heteroatoms. The molecule has 4 aliphatic carbocycles. The van der Waals surface area contributed by atoms with Gasteiger partial charge in [0.15, 0.2) is 5.78 Å². The van der Waals surface area contributed by atoms with Crippen molar-refractivity contribution in [2.24, 2.45) is 34.5 Å². The van der Waals surface area contributed by atoms with Gasteiger partial charge in [-0.25, -0.2) is 0 Å². The fourth-order valence-corrected chi connectivity index (χ4v) is 7.12. The van der Waals surface area contributed by atoms with Crippen LogP contribution in [-0.4, -0.2) is 23.3 Å². The van der Waals surface area contributed by atoms with Crippen molar-refractivity contribution in [3.63, 3.8) is 0 Å². The number of Topliss-reactive ketones (excluding diaryl/α,β-unsaturated/α-hetero) is 2. The lowest BCUT2D eigenvalue weighted by Gasteiger charge is -2.57. The molecule has 0 aliphatic heterocycles. The van der Waals surface area contributed by atoms with E-state index in [9.17, 15) is 14.7 Å². The zero-order valence-corrected chi connectivity index (χ0v) is 15.0. The van der Waals surface area contributed by atoms with Crippen molar-refractivity contribution in [2.45, 2.75) is 65.2 Å². The van der Waals surface area contributed by atoms with Gasteiger partial charge in [-0.05, 0) is 67.1 Å². The Hall–Kier alpha value is -0.960. The van der Waals surface area contributed by atoms with E-state index in [0.29, 0.717) is 30.0 Å². The summed E-state index contributed by atoms with van der Waals surface area (Å²) in [6.07, 6.45) is 10.3. The predicted molar refractivity (Wildman–Crippen MR) is 92.3 cm³/mol. The lowest BCUT2D eigenvalue weighted by atomic mass is 9.47. The van der Waals surface area contributed by atoms with E-state index in [1.807, 2.05) is 0 Å². The Labute approximate surface area is 144 Å². The van der Waals surface area contributed by atoms with Crippen LogP contribution in [0.5, 0.6) is 0 Å². The summed E-state index contributed by atoms with van der Waals surface area (Å²) < 4.78 is 0. The molecule has 0 aromatic heterocycles. The van der Waals surface area contributed by atoms with Crippen LogP contribution in [0.4, 0.5) is 0 Å². The number of aliphatic hydroxyl groups is 1. The summed E-state index contributed by atoms with van der Waals surface area (Å²) in [5.74, 6) is 2.45. The Morgan fingerprint density at radius 2 is 2.00 bits per heavy atom. The largest absolute Gasteiger partial charge is 0.389 e. The lowest BCUT2D eigenvalue weighted by Crippen LogP contribution is -2.50. The van der Waals surface area contributed by atoms with Crippen LogP contribution in [0.1, 0.15) is 65.2 Å². The highest BCUT2D eigenvalue weighted by molar-refractivity contribution is 5.83.